The van der Waals surface area contributed by atoms with E-state index in [1.54, 1.807) is 0 Å². The summed E-state index contributed by atoms with van der Waals surface area (Å²) in [6, 6.07) is 55.6. The van der Waals surface area contributed by atoms with Gasteiger partial charge in [-0.05, 0) is 100 Å². The van der Waals surface area contributed by atoms with E-state index in [1.807, 2.05) is 78.9 Å². The lowest BCUT2D eigenvalue weighted by atomic mass is 9.94. The highest BCUT2D eigenvalue weighted by atomic mass is 15.0. The highest BCUT2D eigenvalue weighted by molar-refractivity contribution is 6.11. The van der Waals surface area contributed by atoms with Crippen LogP contribution < -0.4 is 0 Å². The first-order chi connectivity index (χ1) is 24.6. The third-order valence-electron chi connectivity index (χ3n) is 9.54. The molecule has 0 N–H and O–H groups in total. The van der Waals surface area contributed by atoms with Crippen molar-refractivity contribution in [1.82, 2.24) is 9.13 Å². The van der Waals surface area contributed by atoms with Crippen molar-refractivity contribution in [3.05, 3.63) is 174 Å². The van der Waals surface area contributed by atoms with Gasteiger partial charge in [-0.1, -0.05) is 78.9 Å². The quantitative estimate of drug-likeness (QED) is 0.181. The van der Waals surface area contributed by atoms with Crippen LogP contribution in [0.15, 0.2) is 152 Å². The van der Waals surface area contributed by atoms with Gasteiger partial charge >= 0.3 is 0 Å². The normalized spacial score (nSPS) is 11.1. The molecule has 230 valence electrons. The molecule has 5 nitrogen and oxygen atoms in total. The number of fused-ring (bicyclic) bond motifs is 6. The highest BCUT2D eigenvalue weighted by Gasteiger charge is 2.18. The van der Waals surface area contributed by atoms with Crippen LogP contribution in [0.1, 0.15) is 11.1 Å². The molecule has 9 rings (SSSR count). The lowest BCUT2D eigenvalue weighted by molar-refractivity contribution is 1.17. The number of aromatic nitrogens is 2. The van der Waals surface area contributed by atoms with E-state index < -0.39 is 0 Å². The Balaban J connectivity index is 1.35. The fourth-order valence-electron chi connectivity index (χ4n) is 7.38. The summed E-state index contributed by atoms with van der Waals surface area (Å²) in [6.45, 7) is 7.64. The minimum absolute atomic E-state index is 0.548. The molecule has 0 fully saturated rings. The number of nitrogens with zero attached hydrogens (tertiary/aromatic N) is 5. The van der Waals surface area contributed by atoms with Crippen LogP contribution in [-0.4, -0.2) is 9.13 Å². The number of hydrogen-bond donors (Lipinski definition) is 0. The molecular formula is C45H25N5. The van der Waals surface area contributed by atoms with E-state index in [9.17, 15) is 10.5 Å². The third kappa shape index (κ3) is 4.45. The molecule has 50 heavy (non-hydrogen) atoms. The number of nitriles is 2. The molecule has 0 unspecified atom stereocenters. The fraction of sp³-hybridized carbons (Fsp3) is 0. The molecule has 7 aromatic carbocycles. The molecule has 0 spiro atoms. The largest absolute Gasteiger partial charge is 0.309 e. The molecule has 0 bridgehead atoms. The molecule has 2 aromatic heterocycles. The second kappa shape index (κ2) is 11.4. The Morgan fingerprint density at radius 2 is 0.980 bits per heavy atom. The van der Waals surface area contributed by atoms with Crippen molar-refractivity contribution in [2.24, 2.45) is 0 Å². The number of hydrogen-bond acceptors (Lipinski definition) is 2. The highest BCUT2D eigenvalue weighted by Crippen LogP contribution is 2.39. The Hall–Kier alpha value is -7.39. The van der Waals surface area contributed by atoms with E-state index in [-0.39, 0.29) is 0 Å². The summed E-state index contributed by atoms with van der Waals surface area (Å²) in [5.41, 5.74) is 11.1. The van der Waals surface area contributed by atoms with Crippen molar-refractivity contribution in [3.8, 4) is 45.8 Å². The minimum atomic E-state index is 0.548. The predicted octanol–water partition coefficient (Wildman–Crippen LogP) is 11.5. The molecule has 0 amide bonds. The number of benzene rings is 7. The zero-order valence-electron chi connectivity index (χ0n) is 26.7. The van der Waals surface area contributed by atoms with E-state index in [1.165, 1.54) is 0 Å². The molecule has 0 aliphatic heterocycles. The average molecular weight is 636 g/mol. The molecule has 2 heterocycles. The first-order valence-electron chi connectivity index (χ1n) is 16.2. The predicted molar refractivity (Wildman–Crippen MR) is 202 cm³/mol. The van der Waals surface area contributed by atoms with Crippen molar-refractivity contribution in [1.29, 1.82) is 10.5 Å². The van der Waals surface area contributed by atoms with Crippen LogP contribution >= 0.6 is 0 Å². The second-order valence-corrected chi connectivity index (χ2v) is 12.3. The molecule has 0 aliphatic carbocycles. The summed E-state index contributed by atoms with van der Waals surface area (Å²) in [5, 5.41) is 24.8. The standard InChI is InChI=1S/C45H25N5/c1-48-34-18-19-45-41(26-34)40-14-6-9-17-44(40)50(45)36-24-32(22-33(25-36)37-11-3-2-10-30(37)28-47)31-20-29(27-46)21-35(23-31)49-42-15-7-4-12-38(42)39-13-5-8-16-43(39)49/h2-26H. The van der Waals surface area contributed by atoms with E-state index in [2.05, 4.69) is 98.9 Å². The Morgan fingerprint density at radius 1 is 0.460 bits per heavy atom. The Bertz CT molecular complexity index is 2920. The lowest BCUT2D eigenvalue weighted by Crippen LogP contribution is -1.98. The zero-order chi connectivity index (χ0) is 33.8. The molecule has 0 saturated heterocycles. The maximum absolute atomic E-state index is 10.3. The second-order valence-electron chi connectivity index (χ2n) is 12.3. The first-order valence-corrected chi connectivity index (χ1v) is 16.2. The Kier molecular flexibility index (Phi) is 6.56. The smallest absolute Gasteiger partial charge is 0.188 e. The van der Waals surface area contributed by atoms with Crippen LogP contribution in [0.4, 0.5) is 5.69 Å². The van der Waals surface area contributed by atoms with Crippen LogP contribution in [0.5, 0.6) is 0 Å². The van der Waals surface area contributed by atoms with Crippen LogP contribution in [-0.2, 0) is 0 Å². The van der Waals surface area contributed by atoms with Gasteiger partial charge in [0.2, 0.25) is 0 Å². The van der Waals surface area contributed by atoms with Gasteiger partial charge in [-0.3, -0.25) is 0 Å². The van der Waals surface area contributed by atoms with E-state index in [0.717, 1.165) is 77.2 Å². The van der Waals surface area contributed by atoms with Gasteiger partial charge in [0.05, 0.1) is 51.9 Å². The van der Waals surface area contributed by atoms with E-state index in [4.69, 9.17) is 6.57 Å². The van der Waals surface area contributed by atoms with Gasteiger partial charge in [0.15, 0.2) is 5.69 Å². The van der Waals surface area contributed by atoms with Crippen LogP contribution in [0, 0.1) is 29.2 Å². The SMILES string of the molecule is [C-]#[N+]c1ccc2c(c1)c1ccccc1n2-c1cc(-c2cc(C#N)cc(-n3c4ccccc4c4ccccc43)c2)cc(-c2ccccc2C#N)c1. The maximum Gasteiger partial charge on any atom is 0.188 e. The summed E-state index contributed by atoms with van der Waals surface area (Å²) in [6.07, 6.45) is 0. The minimum Gasteiger partial charge on any atom is -0.309 e. The Morgan fingerprint density at radius 3 is 1.60 bits per heavy atom. The third-order valence-corrected chi connectivity index (χ3v) is 9.54. The number of para-hydroxylation sites is 3. The van der Waals surface area contributed by atoms with E-state index >= 15 is 0 Å². The van der Waals surface area contributed by atoms with Gasteiger partial charge < -0.3 is 9.13 Å². The van der Waals surface area contributed by atoms with Gasteiger partial charge in [-0.25, -0.2) is 4.85 Å². The van der Waals surface area contributed by atoms with Crippen molar-refractivity contribution in [2.75, 3.05) is 0 Å². The van der Waals surface area contributed by atoms with Crippen molar-refractivity contribution < 1.29 is 0 Å². The van der Waals surface area contributed by atoms with Gasteiger partial charge in [0, 0.05) is 27.5 Å². The summed E-state index contributed by atoms with van der Waals surface area (Å²) >= 11 is 0. The van der Waals surface area contributed by atoms with Crippen LogP contribution in [0.2, 0.25) is 0 Å². The van der Waals surface area contributed by atoms with Gasteiger partial charge in [-0.2, -0.15) is 10.5 Å². The first kappa shape index (κ1) is 28.8. The molecule has 5 heteroatoms. The molecular weight excluding hydrogens is 611 g/mol. The maximum atomic E-state index is 10.3. The van der Waals surface area contributed by atoms with Gasteiger partial charge in [0.25, 0.3) is 0 Å². The fourth-order valence-corrected chi connectivity index (χ4v) is 7.38. The lowest BCUT2D eigenvalue weighted by Gasteiger charge is -2.16. The summed E-state index contributed by atoms with van der Waals surface area (Å²) < 4.78 is 4.45. The Labute approximate surface area is 288 Å². The van der Waals surface area contributed by atoms with Crippen LogP contribution in [0.25, 0.3) is 82.1 Å². The van der Waals surface area contributed by atoms with Gasteiger partial charge in [-0.15, -0.1) is 0 Å². The summed E-state index contributed by atoms with van der Waals surface area (Å²) in [7, 11) is 0. The molecule has 0 saturated carbocycles. The van der Waals surface area contributed by atoms with E-state index in [0.29, 0.717) is 16.8 Å². The zero-order valence-corrected chi connectivity index (χ0v) is 26.7. The molecule has 0 radical (unpaired) electrons. The topological polar surface area (TPSA) is 61.8 Å². The average Bonchev–Trinajstić information content (AvgIpc) is 3.70. The number of rotatable bonds is 4. The summed E-state index contributed by atoms with van der Waals surface area (Å²) in [5.74, 6) is 0. The van der Waals surface area contributed by atoms with Crippen LogP contribution in [0.3, 0.4) is 0 Å². The van der Waals surface area contributed by atoms with Crippen molar-refractivity contribution in [3.63, 3.8) is 0 Å². The van der Waals surface area contributed by atoms with Crippen molar-refractivity contribution in [2.45, 2.75) is 0 Å². The van der Waals surface area contributed by atoms with Gasteiger partial charge in [0.1, 0.15) is 0 Å². The monoisotopic (exact) mass is 635 g/mol. The molecule has 9 aromatic rings. The summed E-state index contributed by atoms with van der Waals surface area (Å²) in [4.78, 5) is 3.70. The molecule has 0 atom stereocenters. The van der Waals surface area contributed by atoms with Crippen molar-refractivity contribution >= 4 is 49.3 Å². The molecule has 0 aliphatic rings.